The Morgan fingerprint density at radius 2 is 1.88 bits per heavy atom. The number of hydrogen-bond acceptors (Lipinski definition) is 3. The fraction of sp³-hybridized carbons (Fsp3) is 0.250. The van der Waals surface area contributed by atoms with Gasteiger partial charge in [0.05, 0.1) is 0 Å². The third-order valence-corrected chi connectivity index (χ3v) is 1.75. The Hall–Kier alpha value is -1.93. The first-order valence-electron chi connectivity index (χ1n) is 3.97. The summed E-state index contributed by atoms with van der Waals surface area (Å²) in [7, 11) is 0. The molecule has 1 aromatic rings. The van der Waals surface area contributed by atoms with Crippen molar-refractivity contribution in [3.63, 3.8) is 0 Å². The van der Waals surface area contributed by atoms with Crippen LogP contribution in [0.1, 0.15) is 28.2 Å². The predicted molar refractivity (Wildman–Crippen MR) is 42.8 cm³/mol. The fourth-order valence-electron chi connectivity index (χ4n) is 1.04. The zero-order valence-electron chi connectivity index (χ0n) is 7.79. The summed E-state index contributed by atoms with van der Waals surface area (Å²) in [5, 5.41) is 17.4. The van der Waals surface area contributed by atoms with Gasteiger partial charge in [-0.1, -0.05) is 0 Å². The van der Waals surface area contributed by atoms with E-state index in [-0.39, 0.29) is 6.07 Å². The van der Waals surface area contributed by atoms with Crippen LogP contribution in [0.15, 0.2) is 6.07 Å². The highest BCUT2D eigenvalue weighted by Gasteiger charge is 2.38. The highest BCUT2D eigenvalue weighted by atomic mass is 19.4. The average Bonchev–Trinajstić information content (AvgIpc) is 2.15. The lowest BCUT2D eigenvalue weighted by molar-refractivity contribution is -0.139. The third-order valence-electron chi connectivity index (χ3n) is 1.75. The van der Waals surface area contributed by atoms with Gasteiger partial charge in [0.2, 0.25) is 0 Å². The molecule has 0 aliphatic rings. The maximum Gasteiger partial charge on any atom is 0.420 e. The molecule has 4 nitrogen and oxygen atoms in total. The number of carboxylic acids is 1. The molecule has 0 spiro atoms. The highest BCUT2D eigenvalue weighted by Crippen LogP contribution is 2.40. The Bertz CT molecular complexity index is 457. The normalized spacial score (nSPS) is 11.9. The van der Waals surface area contributed by atoms with Gasteiger partial charge in [-0.2, -0.15) is 13.2 Å². The second-order valence-corrected chi connectivity index (χ2v) is 2.89. The Morgan fingerprint density at radius 3 is 2.24 bits per heavy atom. The lowest BCUT2D eigenvalue weighted by atomic mass is 10.1. The minimum Gasteiger partial charge on any atom is -0.505 e. The molecule has 0 saturated carbocycles. The molecule has 1 heterocycles. The van der Waals surface area contributed by atoms with E-state index in [4.69, 9.17) is 10.2 Å². The Labute approximate surface area is 90.3 Å². The molecule has 0 aromatic carbocycles. The van der Waals surface area contributed by atoms with Gasteiger partial charge in [-0.05, 0) is 6.07 Å². The zero-order chi connectivity index (χ0) is 13.4. The van der Waals surface area contributed by atoms with Gasteiger partial charge in [-0.25, -0.2) is 18.6 Å². The maximum atomic E-state index is 12.3. The van der Waals surface area contributed by atoms with Crippen molar-refractivity contribution in [2.45, 2.75) is 12.6 Å². The molecule has 1 aromatic heterocycles. The van der Waals surface area contributed by atoms with Crippen LogP contribution in [0.3, 0.4) is 0 Å². The monoisotopic (exact) mass is 257 g/mol. The Kier molecular flexibility index (Phi) is 3.21. The summed E-state index contributed by atoms with van der Waals surface area (Å²) in [5.41, 5.74) is -4.69. The molecule has 0 fully saturated rings. The van der Waals surface area contributed by atoms with E-state index < -0.39 is 41.3 Å². The van der Waals surface area contributed by atoms with Crippen LogP contribution in [-0.4, -0.2) is 21.2 Å². The van der Waals surface area contributed by atoms with Crippen molar-refractivity contribution in [3.8, 4) is 5.75 Å². The van der Waals surface area contributed by atoms with E-state index >= 15 is 0 Å². The quantitative estimate of drug-likeness (QED) is 0.798. The summed E-state index contributed by atoms with van der Waals surface area (Å²) in [6, 6.07) is -0.0104. The molecule has 17 heavy (non-hydrogen) atoms. The van der Waals surface area contributed by atoms with Crippen molar-refractivity contribution in [2.24, 2.45) is 0 Å². The molecular formula is C8H4F5NO3. The van der Waals surface area contributed by atoms with E-state index in [0.717, 1.165) is 0 Å². The highest BCUT2D eigenvalue weighted by molar-refractivity contribution is 5.86. The van der Waals surface area contributed by atoms with Crippen LogP contribution in [-0.2, 0) is 6.18 Å². The van der Waals surface area contributed by atoms with Gasteiger partial charge in [0.1, 0.15) is 17.0 Å². The molecule has 0 unspecified atom stereocenters. The van der Waals surface area contributed by atoms with Gasteiger partial charge in [0, 0.05) is 0 Å². The van der Waals surface area contributed by atoms with Gasteiger partial charge in [0.15, 0.2) is 5.75 Å². The molecule has 9 heteroatoms. The predicted octanol–water partition coefficient (Wildman–Crippen LogP) is 2.44. The molecule has 0 atom stereocenters. The maximum absolute atomic E-state index is 12.3. The van der Waals surface area contributed by atoms with Crippen LogP contribution in [0.4, 0.5) is 22.0 Å². The van der Waals surface area contributed by atoms with E-state index in [1.54, 1.807) is 0 Å². The minimum atomic E-state index is -5.15. The summed E-state index contributed by atoms with van der Waals surface area (Å²) in [6.07, 6.45) is -8.67. The summed E-state index contributed by atoms with van der Waals surface area (Å²) in [4.78, 5) is 13.2. The topological polar surface area (TPSA) is 70.4 Å². The standard InChI is InChI=1S/C8H4F5NO3/c9-6(10)4-5(15)2(8(11,12)13)1-3(14-4)7(16)17/h1,6,15H,(H,16,17). The van der Waals surface area contributed by atoms with Crippen molar-refractivity contribution >= 4 is 5.97 Å². The summed E-state index contributed by atoms with van der Waals surface area (Å²) in [5.74, 6) is -3.67. The molecule has 0 amide bonds. The fourth-order valence-corrected chi connectivity index (χ4v) is 1.04. The Balaban J connectivity index is 3.55. The van der Waals surface area contributed by atoms with Crippen LogP contribution < -0.4 is 0 Å². The van der Waals surface area contributed by atoms with Crippen LogP contribution in [0.5, 0.6) is 5.75 Å². The second kappa shape index (κ2) is 4.15. The minimum absolute atomic E-state index is 0.0104. The first-order valence-corrected chi connectivity index (χ1v) is 3.97. The summed E-state index contributed by atoms with van der Waals surface area (Å²) in [6.45, 7) is 0. The number of halogens is 5. The van der Waals surface area contributed by atoms with Crippen LogP contribution in [0, 0.1) is 0 Å². The van der Waals surface area contributed by atoms with Gasteiger partial charge in [0.25, 0.3) is 6.43 Å². The molecule has 0 bridgehead atoms. The van der Waals surface area contributed by atoms with E-state index in [1.165, 1.54) is 0 Å². The van der Waals surface area contributed by atoms with Crippen molar-refractivity contribution in [2.75, 3.05) is 0 Å². The number of aromatic nitrogens is 1. The molecule has 0 aliphatic heterocycles. The lowest BCUT2D eigenvalue weighted by Gasteiger charge is -2.12. The number of nitrogens with zero attached hydrogens (tertiary/aromatic N) is 1. The summed E-state index contributed by atoms with van der Waals surface area (Å²) >= 11 is 0. The number of hydrogen-bond donors (Lipinski definition) is 2. The number of aromatic hydroxyl groups is 1. The van der Waals surface area contributed by atoms with Crippen molar-refractivity contribution in [3.05, 3.63) is 23.0 Å². The SMILES string of the molecule is O=C(O)c1cc(C(F)(F)F)c(O)c(C(F)F)n1. The number of carboxylic acid groups (broad SMARTS) is 1. The van der Waals surface area contributed by atoms with E-state index in [2.05, 4.69) is 4.98 Å². The average molecular weight is 257 g/mol. The van der Waals surface area contributed by atoms with Crippen molar-refractivity contribution < 1.29 is 37.0 Å². The zero-order valence-corrected chi connectivity index (χ0v) is 7.79. The Morgan fingerprint density at radius 1 is 1.35 bits per heavy atom. The van der Waals surface area contributed by atoms with Gasteiger partial charge in [-0.3, -0.25) is 0 Å². The molecule has 0 saturated heterocycles. The van der Waals surface area contributed by atoms with Crippen molar-refractivity contribution in [1.29, 1.82) is 0 Å². The van der Waals surface area contributed by atoms with Gasteiger partial charge < -0.3 is 10.2 Å². The van der Waals surface area contributed by atoms with Gasteiger partial charge in [-0.15, -0.1) is 0 Å². The smallest absolute Gasteiger partial charge is 0.420 e. The molecule has 0 aliphatic carbocycles. The first-order chi connectivity index (χ1) is 7.64. The molecule has 94 valence electrons. The molecule has 0 radical (unpaired) electrons. The number of carbonyl (C=O) groups is 1. The largest absolute Gasteiger partial charge is 0.505 e. The second-order valence-electron chi connectivity index (χ2n) is 2.89. The van der Waals surface area contributed by atoms with Crippen LogP contribution in [0.25, 0.3) is 0 Å². The number of pyridine rings is 1. The first kappa shape index (κ1) is 13.1. The van der Waals surface area contributed by atoms with E-state index in [0.29, 0.717) is 0 Å². The molecular weight excluding hydrogens is 253 g/mol. The van der Waals surface area contributed by atoms with Crippen LogP contribution in [0.2, 0.25) is 0 Å². The molecule has 1 rings (SSSR count). The van der Waals surface area contributed by atoms with Gasteiger partial charge >= 0.3 is 12.1 Å². The third kappa shape index (κ3) is 2.60. The van der Waals surface area contributed by atoms with E-state index in [9.17, 15) is 26.7 Å². The number of alkyl halides is 5. The number of aromatic carboxylic acids is 1. The van der Waals surface area contributed by atoms with Crippen LogP contribution >= 0.6 is 0 Å². The summed E-state index contributed by atoms with van der Waals surface area (Å²) < 4.78 is 61.4. The number of rotatable bonds is 2. The van der Waals surface area contributed by atoms with E-state index in [1.807, 2.05) is 0 Å². The van der Waals surface area contributed by atoms with Crippen molar-refractivity contribution in [1.82, 2.24) is 4.98 Å². The lowest BCUT2D eigenvalue weighted by Crippen LogP contribution is -2.12. The molecule has 2 N–H and O–H groups in total.